The Morgan fingerprint density at radius 2 is 1.15 bits per heavy atom. The molecule has 0 spiro atoms. The summed E-state index contributed by atoms with van der Waals surface area (Å²) in [6.07, 6.45) is 0. The van der Waals surface area contributed by atoms with E-state index < -0.39 is 39.7 Å². The number of hydrogen-bond donors (Lipinski definition) is 0. The summed E-state index contributed by atoms with van der Waals surface area (Å²) >= 11 is 0. The average molecular weight is 299 g/mol. The first-order chi connectivity index (χ1) is 9.28. The van der Waals surface area contributed by atoms with Gasteiger partial charge in [0, 0.05) is 20.8 Å². The van der Waals surface area contributed by atoms with E-state index in [0.29, 0.717) is 5.56 Å². The lowest BCUT2D eigenvalue weighted by Gasteiger charge is -2.27. The van der Waals surface area contributed by atoms with Crippen LogP contribution in [0.15, 0.2) is 30.3 Å². The highest BCUT2D eigenvalue weighted by atomic mass is 28.1. The first-order valence-corrected chi connectivity index (χ1v) is 6.11. The molecule has 0 fully saturated rings. The number of benzene rings is 2. The van der Waals surface area contributed by atoms with Crippen molar-refractivity contribution in [2.75, 3.05) is 0 Å². The second-order valence-corrected chi connectivity index (χ2v) is 5.44. The van der Waals surface area contributed by atoms with Gasteiger partial charge >= 0.3 is 0 Å². The van der Waals surface area contributed by atoms with Crippen LogP contribution in [0.5, 0.6) is 0 Å². The van der Waals surface area contributed by atoms with Crippen LogP contribution in [0, 0.1) is 29.1 Å². The van der Waals surface area contributed by atoms with Crippen molar-refractivity contribution < 1.29 is 22.0 Å². The highest BCUT2D eigenvalue weighted by Crippen LogP contribution is 2.35. The number of rotatable bonds is 2. The molecular weight excluding hydrogens is 291 g/mol. The number of hydrogen-bond acceptors (Lipinski definition) is 0. The van der Waals surface area contributed by atoms with E-state index in [1.807, 2.05) is 0 Å². The van der Waals surface area contributed by atoms with Crippen LogP contribution in [-0.4, -0.2) is 10.2 Å². The maximum atomic E-state index is 13.8. The van der Waals surface area contributed by atoms with Crippen LogP contribution in [0.4, 0.5) is 22.0 Å². The smallest absolute Gasteiger partial charge is 0.200 e. The topological polar surface area (TPSA) is 0 Å². The van der Waals surface area contributed by atoms with Gasteiger partial charge in [0.15, 0.2) is 23.3 Å². The van der Waals surface area contributed by atoms with Crippen molar-refractivity contribution in [3.05, 3.63) is 70.5 Å². The SMILES string of the molecule is CC([Si])(c1ccccc1)c1c(F)c(F)c(F)c(F)c1F. The quantitative estimate of drug-likeness (QED) is 0.342. The lowest BCUT2D eigenvalue weighted by molar-refractivity contribution is 0.365. The Balaban J connectivity index is 2.76. The van der Waals surface area contributed by atoms with Crippen LogP contribution < -0.4 is 0 Å². The molecule has 0 bridgehead atoms. The summed E-state index contributed by atoms with van der Waals surface area (Å²) in [6.45, 7) is 1.32. The van der Waals surface area contributed by atoms with Gasteiger partial charge in [-0.1, -0.05) is 37.3 Å². The van der Waals surface area contributed by atoms with Crippen molar-refractivity contribution in [2.45, 2.75) is 12.0 Å². The van der Waals surface area contributed by atoms with Gasteiger partial charge in [0.25, 0.3) is 0 Å². The molecule has 1 atom stereocenters. The molecule has 0 aromatic heterocycles. The first kappa shape index (κ1) is 14.7. The highest BCUT2D eigenvalue weighted by molar-refractivity contribution is 6.18. The molecule has 3 radical (unpaired) electrons. The minimum absolute atomic E-state index is 0.361. The van der Waals surface area contributed by atoms with E-state index in [9.17, 15) is 22.0 Å². The summed E-state index contributed by atoms with van der Waals surface area (Å²) in [5.74, 6) is -9.77. The second-order valence-electron chi connectivity index (χ2n) is 4.44. The van der Waals surface area contributed by atoms with Gasteiger partial charge in [0.2, 0.25) is 5.82 Å². The van der Waals surface area contributed by atoms with E-state index in [1.54, 1.807) is 18.2 Å². The third-order valence-electron chi connectivity index (χ3n) is 3.06. The van der Waals surface area contributed by atoms with Gasteiger partial charge in [0.1, 0.15) is 0 Å². The van der Waals surface area contributed by atoms with Gasteiger partial charge in [-0.05, 0) is 5.56 Å². The standard InChI is InChI=1S/C14H8F5Si/c1-14(20,7-5-3-2-4-6-7)8-9(15)11(17)13(19)12(18)10(8)16/h2-6H,1H3. The molecule has 0 aliphatic rings. The number of halogens is 5. The monoisotopic (exact) mass is 299 g/mol. The second kappa shape index (κ2) is 5.01. The summed E-state index contributed by atoms with van der Waals surface area (Å²) in [7, 11) is 3.12. The fourth-order valence-electron chi connectivity index (χ4n) is 1.96. The third-order valence-corrected chi connectivity index (χ3v) is 3.60. The Hall–Kier alpha value is -1.69. The van der Waals surface area contributed by atoms with Crippen molar-refractivity contribution >= 4 is 10.2 Å². The maximum absolute atomic E-state index is 13.8. The Labute approximate surface area is 115 Å². The summed E-state index contributed by atoms with van der Waals surface area (Å²) in [5.41, 5.74) is -0.559. The molecule has 20 heavy (non-hydrogen) atoms. The molecular formula is C14H8F5Si. The Morgan fingerprint density at radius 1 is 0.750 bits per heavy atom. The fraction of sp³-hybridized carbons (Fsp3) is 0.143. The highest BCUT2D eigenvalue weighted by Gasteiger charge is 2.35. The van der Waals surface area contributed by atoms with Crippen molar-refractivity contribution in [3.8, 4) is 0 Å². The van der Waals surface area contributed by atoms with Gasteiger partial charge in [-0.25, -0.2) is 22.0 Å². The zero-order chi connectivity index (χ0) is 15.1. The first-order valence-electron chi connectivity index (χ1n) is 5.61. The van der Waals surface area contributed by atoms with Gasteiger partial charge in [-0.2, -0.15) is 0 Å². The van der Waals surface area contributed by atoms with Crippen LogP contribution in [0.1, 0.15) is 18.1 Å². The molecule has 0 amide bonds. The zero-order valence-electron chi connectivity index (χ0n) is 10.3. The lowest BCUT2D eigenvalue weighted by Crippen LogP contribution is -2.28. The van der Waals surface area contributed by atoms with Gasteiger partial charge in [-0.3, -0.25) is 0 Å². The maximum Gasteiger partial charge on any atom is 0.200 e. The van der Waals surface area contributed by atoms with Crippen LogP contribution >= 0.6 is 0 Å². The molecule has 0 aliphatic heterocycles. The Morgan fingerprint density at radius 3 is 1.60 bits per heavy atom. The molecule has 103 valence electrons. The fourth-order valence-corrected chi connectivity index (χ4v) is 2.35. The largest absolute Gasteiger partial charge is 0.203 e. The normalized spacial score (nSPS) is 14.2. The molecule has 0 aliphatic carbocycles. The summed E-state index contributed by atoms with van der Waals surface area (Å²) in [5, 5.41) is -1.55. The minimum Gasteiger partial charge on any atom is -0.203 e. The van der Waals surface area contributed by atoms with Crippen molar-refractivity contribution in [2.24, 2.45) is 0 Å². The van der Waals surface area contributed by atoms with Crippen LogP contribution in [0.3, 0.4) is 0 Å². The van der Waals surface area contributed by atoms with Gasteiger partial charge < -0.3 is 0 Å². The molecule has 1 unspecified atom stereocenters. The van der Waals surface area contributed by atoms with E-state index in [4.69, 9.17) is 0 Å². The van der Waals surface area contributed by atoms with Crippen LogP contribution in [0.2, 0.25) is 0 Å². The molecule has 2 aromatic carbocycles. The van der Waals surface area contributed by atoms with E-state index >= 15 is 0 Å². The van der Waals surface area contributed by atoms with Crippen LogP contribution in [-0.2, 0) is 5.04 Å². The van der Waals surface area contributed by atoms with E-state index in [-0.39, 0.29) is 0 Å². The molecule has 2 aromatic rings. The van der Waals surface area contributed by atoms with Crippen molar-refractivity contribution in [1.29, 1.82) is 0 Å². The Bertz CT molecular complexity index is 623. The predicted molar refractivity (Wildman–Crippen MR) is 64.9 cm³/mol. The molecule has 2 rings (SSSR count). The Kier molecular flexibility index (Phi) is 3.69. The molecule has 0 saturated carbocycles. The predicted octanol–water partition coefficient (Wildman–Crippen LogP) is 3.81. The van der Waals surface area contributed by atoms with Crippen molar-refractivity contribution in [3.63, 3.8) is 0 Å². The molecule has 0 saturated heterocycles. The van der Waals surface area contributed by atoms with Gasteiger partial charge in [0.05, 0.1) is 0 Å². The summed E-state index contributed by atoms with van der Waals surface area (Å²) in [4.78, 5) is 0. The molecule has 0 heterocycles. The van der Waals surface area contributed by atoms with Gasteiger partial charge in [-0.15, -0.1) is 0 Å². The van der Waals surface area contributed by atoms with Crippen LogP contribution in [0.25, 0.3) is 0 Å². The van der Waals surface area contributed by atoms with E-state index in [2.05, 4.69) is 10.2 Å². The van der Waals surface area contributed by atoms with E-state index in [0.717, 1.165) is 0 Å². The minimum atomic E-state index is -2.17. The molecule has 0 N–H and O–H groups in total. The van der Waals surface area contributed by atoms with Crippen molar-refractivity contribution in [1.82, 2.24) is 0 Å². The lowest BCUT2D eigenvalue weighted by atomic mass is 9.90. The zero-order valence-corrected chi connectivity index (χ0v) is 11.3. The summed E-state index contributed by atoms with van der Waals surface area (Å²) in [6, 6.07) is 7.90. The molecule has 0 nitrogen and oxygen atoms in total. The average Bonchev–Trinajstić information content (AvgIpc) is 2.44. The van der Waals surface area contributed by atoms with E-state index in [1.165, 1.54) is 19.1 Å². The molecule has 6 heteroatoms. The summed E-state index contributed by atoms with van der Waals surface area (Å²) < 4.78 is 67.2. The third kappa shape index (κ3) is 2.13.